The van der Waals surface area contributed by atoms with Crippen LogP contribution in [0.3, 0.4) is 0 Å². The molecule has 0 bridgehead atoms. The predicted molar refractivity (Wildman–Crippen MR) is 74.5 cm³/mol. The molecule has 1 fully saturated rings. The molecule has 3 nitrogen and oxygen atoms in total. The molecule has 1 unspecified atom stereocenters. The van der Waals surface area contributed by atoms with Crippen LogP contribution in [0.2, 0.25) is 5.02 Å². The van der Waals surface area contributed by atoms with E-state index in [2.05, 4.69) is 4.98 Å². The Morgan fingerprint density at radius 1 is 1.53 bits per heavy atom. The molecule has 0 N–H and O–H groups in total. The summed E-state index contributed by atoms with van der Waals surface area (Å²) in [5.74, 6) is -0.107. The number of rotatable bonds is 3. The van der Waals surface area contributed by atoms with Gasteiger partial charge in [-0.05, 0) is 38.0 Å². The second-order valence-electron chi connectivity index (χ2n) is 5.86. The summed E-state index contributed by atoms with van der Waals surface area (Å²) in [6, 6.07) is 1.24. The molecule has 0 aliphatic carbocycles. The minimum Gasteiger partial charge on any atom is -0.616 e. The smallest absolute Gasteiger partial charge is 0.147 e. The Kier molecular flexibility index (Phi) is 4.12. The molecule has 0 amide bonds. The van der Waals surface area contributed by atoms with Gasteiger partial charge in [0.25, 0.3) is 0 Å². The van der Waals surface area contributed by atoms with E-state index in [0.717, 1.165) is 0 Å². The van der Waals surface area contributed by atoms with Gasteiger partial charge in [0.05, 0.1) is 23.9 Å². The lowest BCUT2D eigenvalue weighted by atomic mass is 9.84. The molecule has 1 aromatic rings. The molecular weight excluding hydrogens is 289 g/mol. The molecule has 1 saturated heterocycles. The van der Waals surface area contributed by atoms with Crippen molar-refractivity contribution in [2.75, 3.05) is 19.0 Å². The van der Waals surface area contributed by atoms with Crippen molar-refractivity contribution in [3.8, 4) is 0 Å². The molecule has 1 aromatic heterocycles. The fourth-order valence-electron chi connectivity index (χ4n) is 1.91. The first-order chi connectivity index (χ1) is 8.74. The number of hydrogen-bond donors (Lipinski definition) is 0. The Hall–Kier alpha value is -0.360. The van der Waals surface area contributed by atoms with Crippen LogP contribution in [0.25, 0.3) is 0 Å². The fraction of sp³-hybridized carbons (Fsp3) is 0.615. The van der Waals surface area contributed by atoms with Crippen molar-refractivity contribution in [2.45, 2.75) is 30.9 Å². The zero-order valence-corrected chi connectivity index (χ0v) is 12.8. The van der Waals surface area contributed by atoms with Gasteiger partial charge in [-0.1, -0.05) is 11.6 Å². The van der Waals surface area contributed by atoms with Crippen LogP contribution >= 0.6 is 11.6 Å². The average molecular weight is 306 g/mol. The summed E-state index contributed by atoms with van der Waals surface area (Å²) in [5.41, 5.74) is -0.284. The standard InChI is InChI=1S/C13H17ClFNO2S/c1-12(2,3)19(17)8-13(6-18-7-13)11-10(15)4-9(14)5-16-11/h4-5H,6-8H2,1-3H3. The van der Waals surface area contributed by atoms with Gasteiger partial charge in [0.15, 0.2) is 0 Å². The van der Waals surface area contributed by atoms with Gasteiger partial charge in [0.2, 0.25) is 0 Å². The van der Waals surface area contributed by atoms with E-state index in [1.807, 2.05) is 20.8 Å². The van der Waals surface area contributed by atoms with Crippen molar-refractivity contribution in [1.29, 1.82) is 0 Å². The highest BCUT2D eigenvalue weighted by atomic mass is 35.5. The van der Waals surface area contributed by atoms with Crippen molar-refractivity contribution in [3.05, 3.63) is 28.8 Å². The monoisotopic (exact) mass is 305 g/mol. The molecule has 1 atom stereocenters. The van der Waals surface area contributed by atoms with E-state index < -0.39 is 22.4 Å². The summed E-state index contributed by atoms with van der Waals surface area (Å²) in [5, 5.41) is 0.258. The van der Waals surface area contributed by atoms with Crippen LogP contribution in [-0.4, -0.2) is 33.3 Å². The maximum Gasteiger partial charge on any atom is 0.147 e. The Balaban J connectivity index is 2.28. The maximum atomic E-state index is 14.0. The largest absolute Gasteiger partial charge is 0.616 e. The minimum absolute atomic E-state index is 0.258. The quantitative estimate of drug-likeness (QED) is 0.807. The van der Waals surface area contributed by atoms with Crippen LogP contribution in [0.4, 0.5) is 4.39 Å². The summed E-state index contributed by atoms with van der Waals surface area (Å²) in [6.45, 7) is 6.41. The van der Waals surface area contributed by atoms with E-state index in [1.54, 1.807) is 0 Å². The van der Waals surface area contributed by atoms with E-state index in [9.17, 15) is 8.94 Å². The number of halogens is 2. The van der Waals surface area contributed by atoms with Gasteiger partial charge in [0.1, 0.15) is 21.7 Å². The van der Waals surface area contributed by atoms with E-state index >= 15 is 0 Å². The molecule has 1 aliphatic rings. The third-order valence-corrected chi connectivity index (χ3v) is 5.54. The number of hydrogen-bond acceptors (Lipinski definition) is 3. The highest BCUT2D eigenvalue weighted by molar-refractivity contribution is 7.92. The molecule has 0 spiro atoms. The molecule has 2 heterocycles. The van der Waals surface area contributed by atoms with Gasteiger partial charge in [-0.2, -0.15) is 0 Å². The highest BCUT2D eigenvalue weighted by Gasteiger charge is 2.49. The van der Waals surface area contributed by atoms with E-state index in [-0.39, 0.29) is 9.77 Å². The number of ether oxygens (including phenoxy) is 1. The average Bonchev–Trinajstić information content (AvgIpc) is 2.22. The molecule has 1 aliphatic heterocycles. The third-order valence-electron chi connectivity index (χ3n) is 3.16. The van der Waals surface area contributed by atoms with Crippen LogP contribution in [0.5, 0.6) is 0 Å². The molecular formula is C13H17ClFNO2S. The summed E-state index contributed by atoms with van der Waals surface area (Å²) < 4.78 is 31.2. The summed E-state index contributed by atoms with van der Waals surface area (Å²) >= 11 is 4.62. The summed E-state index contributed by atoms with van der Waals surface area (Å²) in [4.78, 5) is 4.09. The summed E-state index contributed by atoms with van der Waals surface area (Å²) in [7, 11) is 0. The molecule has 0 radical (unpaired) electrons. The molecule has 6 heteroatoms. The first-order valence-electron chi connectivity index (χ1n) is 6.02. The SMILES string of the molecule is CC(C)(C)[S+]([O-])CC1(c2ncc(Cl)cc2F)COC1. The minimum atomic E-state index is -1.09. The zero-order chi connectivity index (χ0) is 14.3. The van der Waals surface area contributed by atoms with Crippen LogP contribution in [0.15, 0.2) is 12.3 Å². The maximum absolute atomic E-state index is 14.0. The van der Waals surface area contributed by atoms with Gasteiger partial charge in [-0.25, -0.2) is 4.39 Å². The van der Waals surface area contributed by atoms with Crippen molar-refractivity contribution < 1.29 is 13.7 Å². The van der Waals surface area contributed by atoms with Gasteiger partial charge < -0.3 is 9.29 Å². The van der Waals surface area contributed by atoms with Gasteiger partial charge in [0, 0.05) is 6.20 Å². The van der Waals surface area contributed by atoms with Crippen molar-refractivity contribution in [1.82, 2.24) is 4.98 Å². The number of nitrogens with zero attached hydrogens (tertiary/aromatic N) is 1. The van der Waals surface area contributed by atoms with Crippen LogP contribution < -0.4 is 0 Å². The molecule has 2 rings (SSSR count). The number of aromatic nitrogens is 1. The van der Waals surface area contributed by atoms with Crippen LogP contribution in [-0.2, 0) is 21.3 Å². The fourth-order valence-corrected chi connectivity index (χ4v) is 3.29. The molecule has 0 aromatic carbocycles. The summed E-state index contributed by atoms with van der Waals surface area (Å²) in [6.07, 6.45) is 1.42. The van der Waals surface area contributed by atoms with Gasteiger partial charge in [-0.15, -0.1) is 0 Å². The molecule has 106 valence electrons. The predicted octanol–water partition coefficient (Wildman–Crippen LogP) is 2.69. The van der Waals surface area contributed by atoms with Gasteiger partial charge >= 0.3 is 0 Å². The van der Waals surface area contributed by atoms with Crippen molar-refractivity contribution in [2.24, 2.45) is 0 Å². The second kappa shape index (κ2) is 5.20. The lowest BCUT2D eigenvalue weighted by Gasteiger charge is -2.42. The Morgan fingerprint density at radius 2 is 2.16 bits per heavy atom. The van der Waals surface area contributed by atoms with Crippen LogP contribution in [0, 0.1) is 5.82 Å². The second-order valence-corrected chi connectivity index (χ2v) is 8.50. The Bertz CT molecular complexity index is 474. The van der Waals surface area contributed by atoms with E-state index in [1.165, 1.54) is 12.3 Å². The van der Waals surface area contributed by atoms with Crippen LogP contribution in [0.1, 0.15) is 26.5 Å². The zero-order valence-electron chi connectivity index (χ0n) is 11.2. The molecule has 19 heavy (non-hydrogen) atoms. The third kappa shape index (κ3) is 3.05. The topological polar surface area (TPSA) is 45.2 Å². The van der Waals surface area contributed by atoms with E-state index in [0.29, 0.717) is 24.7 Å². The van der Waals surface area contributed by atoms with Crippen molar-refractivity contribution >= 4 is 22.8 Å². The van der Waals surface area contributed by atoms with Gasteiger partial charge in [-0.3, -0.25) is 4.98 Å². The first kappa shape index (κ1) is 15.0. The normalized spacial score (nSPS) is 19.9. The van der Waals surface area contributed by atoms with Crippen molar-refractivity contribution in [3.63, 3.8) is 0 Å². The Labute approximate surface area is 120 Å². The number of pyridine rings is 1. The lowest BCUT2D eigenvalue weighted by molar-refractivity contribution is -0.0520. The molecule has 0 saturated carbocycles. The first-order valence-corrected chi connectivity index (χ1v) is 7.72. The van der Waals surface area contributed by atoms with E-state index in [4.69, 9.17) is 16.3 Å². The highest BCUT2D eigenvalue weighted by Crippen LogP contribution is 2.37. The lowest BCUT2D eigenvalue weighted by Crippen LogP contribution is -2.54. The Morgan fingerprint density at radius 3 is 2.58 bits per heavy atom.